The van der Waals surface area contributed by atoms with E-state index in [1.54, 1.807) is 39.3 Å². The molecule has 1 atom stereocenters. The third kappa shape index (κ3) is 5.19. The molecule has 3 rings (SSSR count). The highest BCUT2D eigenvalue weighted by Crippen LogP contribution is 2.23. The summed E-state index contributed by atoms with van der Waals surface area (Å²) in [7, 11) is 3.13. The molecule has 0 aliphatic carbocycles. The summed E-state index contributed by atoms with van der Waals surface area (Å²) in [5.74, 6) is 2.67. The number of hydrogen-bond acceptors (Lipinski definition) is 7. The van der Waals surface area contributed by atoms with Crippen molar-refractivity contribution in [3.8, 4) is 11.5 Å². The van der Waals surface area contributed by atoms with Crippen LogP contribution in [0.4, 0.5) is 0 Å². The molecule has 8 nitrogen and oxygen atoms in total. The van der Waals surface area contributed by atoms with Gasteiger partial charge in [-0.15, -0.1) is 10.2 Å². The van der Waals surface area contributed by atoms with Crippen molar-refractivity contribution < 1.29 is 18.7 Å². The molecule has 2 heterocycles. The van der Waals surface area contributed by atoms with Crippen molar-refractivity contribution in [1.82, 2.24) is 20.4 Å². The largest absolute Gasteiger partial charge is 0.497 e. The molecule has 0 bridgehead atoms. The van der Waals surface area contributed by atoms with E-state index in [0.717, 1.165) is 25.9 Å². The Morgan fingerprint density at radius 3 is 2.63 bits per heavy atom. The minimum atomic E-state index is -0.128. The Morgan fingerprint density at radius 1 is 1.26 bits per heavy atom. The number of methoxy groups -OCH3 is 2. The third-order valence-electron chi connectivity index (χ3n) is 4.69. The standard InChI is InChI=1S/C19H26N4O4/c1-13-21-22-18(27-13)12-23-6-4-5-14(11-23)10-20-19(24)15-7-16(25-2)9-17(8-15)26-3/h7-9,14H,4-6,10-12H2,1-3H3,(H,20,24)/t14-/m0/s1. The summed E-state index contributed by atoms with van der Waals surface area (Å²) in [4.78, 5) is 14.8. The fourth-order valence-electron chi connectivity index (χ4n) is 3.33. The van der Waals surface area contributed by atoms with Crippen LogP contribution in [0.1, 0.15) is 35.0 Å². The molecule has 1 aliphatic heterocycles. The summed E-state index contributed by atoms with van der Waals surface area (Å²) in [5, 5.41) is 11.0. The summed E-state index contributed by atoms with van der Waals surface area (Å²) in [6.07, 6.45) is 2.17. The van der Waals surface area contributed by atoms with Crippen molar-refractivity contribution in [3.05, 3.63) is 35.5 Å². The van der Waals surface area contributed by atoms with Crippen LogP contribution in [-0.2, 0) is 6.54 Å². The van der Waals surface area contributed by atoms with Crippen molar-refractivity contribution in [3.63, 3.8) is 0 Å². The second-order valence-corrected chi connectivity index (χ2v) is 6.77. The Morgan fingerprint density at radius 2 is 2.00 bits per heavy atom. The highest BCUT2D eigenvalue weighted by atomic mass is 16.5. The lowest BCUT2D eigenvalue weighted by atomic mass is 9.98. The van der Waals surface area contributed by atoms with Gasteiger partial charge in [-0.25, -0.2) is 0 Å². The van der Waals surface area contributed by atoms with E-state index in [1.807, 2.05) is 0 Å². The van der Waals surface area contributed by atoms with Crippen molar-refractivity contribution in [1.29, 1.82) is 0 Å². The minimum absolute atomic E-state index is 0.128. The number of rotatable bonds is 7. The normalized spacial score (nSPS) is 17.5. The molecule has 146 valence electrons. The number of aryl methyl sites for hydroxylation is 1. The van der Waals surface area contributed by atoms with E-state index in [4.69, 9.17) is 13.9 Å². The fraction of sp³-hybridized carbons (Fsp3) is 0.526. The predicted molar refractivity (Wildman–Crippen MR) is 98.9 cm³/mol. The number of piperidine rings is 1. The van der Waals surface area contributed by atoms with Gasteiger partial charge in [0, 0.05) is 31.6 Å². The molecule has 1 fully saturated rings. The number of aromatic nitrogens is 2. The van der Waals surface area contributed by atoms with Crippen LogP contribution in [0.15, 0.2) is 22.6 Å². The van der Waals surface area contributed by atoms with Crippen molar-refractivity contribution in [2.24, 2.45) is 5.92 Å². The average molecular weight is 374 g/mol. The molecular formula is C19H26N4O4. The van der Waals surface area contributed by atoms with Gasteiger partial charge in [-0.3, -0.25) is 9.69 Å². The molecule has 1 N–H and O–H groups in total. The van der Waals surface area contributed by atoms with Gasteiger partial charge < -0.3 is 19.2 Å². The topological polar surface area (TPSA) is 89.7 Å². The highest BCUT2D eigenvalue weighted by Gasteiger charge is 2.22. The Kier molecular flexibility index (Phi) is 6.28. The zero-order valence-corrected chi connectivity index (χ0v) is 16.0. The number of carbonyl (C=O) groups excluding carboxylic acids is 1. The van der Waals surface area contributed by atoms with E-state index in [-0.39, 0.29) is 5.91 Å². The van der Waals surface area contributed by atoms with Gasteiger partial charge in [0.2, 0.25) is 11.8 Å². The second kappa shape index (κ2) is 8.85. The smallest absolute Gasteiger partial charge is 0.251 e. The first-order valence-electron chi connectivity index (χ1n) is 9.10. The monoisotopic (exact) mass is 374 g/mol. The molecule has 1 aromatic carbocycles. The number of ether oxygens (including phenoxy) is 2. The molecule has 2 aromatic rings. The molecule has 1 amide bonds. The van der Waals surface area contributed by atoms with Crippen LogP contribution in [0.2, 0.25) is 0 Å². The fourth-order valence-corrected chi connectivity index (χ4v) is 3.33. The van der Waals surface area contributed by atoms with E-state index < -0.39 is 0 Å². The first kappa shape index (κ1) is 19.2. The number of amides is 1. The van der Waals surface area contributed by atoms with Gasteiger partial charge in [0.15, 0.2) is 0 Å². The molecule has 0 saturated carbocycles. The molecule has 1 aliphatic rings. The average Bonchev–Trinajstić information content (AvgIpc) is 3.10. The summed E-state index contributed by atoms with van der Waals surface area (Å²) >= 11 is 0. The number of benzene rings is 1. The molecular weight excluding hydrogens is 348 g/mol. The van der Waals surface area contributed by atoms with Crippen LogP contribution in [0, 0.1) is 12.8 Å². The van der Waals surface area contributed by atoms with Gasteiger partial charge in [-0.05, 0) is 37.4 Å². The lowest BCUT2D eigenvalue weighted by Crippen LogP contribution is -2.40. The van der Waals surface area contributed by atoms with Gasteiger partial charge in [0.1, 0.15) is 11.5 Å². The van der Waals surface area contributed by atoms with Crippen LogP contribution >= 0.6 is 0 Å². The number of likely N-dealkylation sites (tertiary alicyclic amines) is 1. The SMILES string of the molecule is COc1cc(OC)cc(C(=O)NC[C@@H]2CCCN(Cc3nnc(C)o3)C2)c1. The molecule has 1 aromatic heterocycles. The van der Waals surface area contributed by atoms with E-state index in [1.165, 1.54) is 0 Å². The van der Waals surface area contributed by atoms with E-state index in [2.05, 4.69) is 20.4 Å². The molecule has 27 heavy (non-hydrogen) atoms. The lowest BCUT2D eigenvalue weighted by molar-refractivity contribution is 0.0926. The van der Waals surface area contributed by atoms with Gasteiger partial charge in [0.05, 0.1) is 20.8 Å². The zero-order chi connectivity index (χ0) is 19.2. The van der Waals surface area contributed by atoms with Gasteiger partial charge in [-0.1, -0.05) is 0 Å². The number of carbonyl (C=O) groups is 1. The van der Waals surface area contributed by atoms with E-state index in [0.29, 0.717) is 47.9 Å². The third-order valence-corrected chi connectivity index (χ3v) is 4.69. The van der Waals surface area contributed by atoms with Gasteiger partial charge in [0.25, 0.3) is 5.91 Å². The maximum Gasteiger partial charge on any atom is 0.251 e. The van der Waals surface area contributed by atoms with Crippen molar-refractivity contribution in [2.75, 3.05) is 33.9 Å². The second-order valence-electron chi connectivity index (χ2n) is 6.77. The zero-order valence-electron chi connectivity index (χ0n) is 16.0. The minimum Gasteiger partial charge on any atom is -0.497 e. The number of nitrogens with zero attached hydrogens (tertiary/aromatic N) is 3. The van der Waals surface area contributed by atoms with Crippen LogP contribution in [0.5, 0.6) is 11.5 Å². The van der Waals surface area contributed by atoms with Crippen LogP contribution in [0.25, 0.3) is 0 Å². The molecule has 0 unspecified atom stereocenters. The Hall–Kier alpha value is -2.61. The number of nitrogens with one attached hydrogen (secondary N) is 1. The maximum absolute atomic E-state index is 12.5. The quantitative estimate of drug-likeness (QED) is 0.793. The first-order valence-corrected chi connectivity index (χ1v) is 9.10. The summed E-state index contributed by atoms with van der Waals surface area (Å²) in [6.45, 7) is 4.96. The number of hydrogen-bond donors (Lipinski definition) is 1. The summed E-state index contributed by atoms with van der Waals surface area (Å²) < 4.78 is 15.9. The summed E-state index contributed by atoms with van der Waals surface area (Å²) in [6, 6.07) is 5.17. The van der Waals surface area contributed by atoms with Crippen molar-refractivity contribution in [2.45, 2.75) is 26.3 Å². The van der Waals surface area contributed by atoms with Crippen LogP contribution < -0.4 is 14.8 Å². The molecule has 8 heteroatoms. The summed E-state index contributed by atoms with van der Waals surface area (Å²) in [5.41, 5.74) is 0.528. The Bertz CT molecular complexity index is 755. The van der Waals surface area contributed by atoms with Crippen LogP contribution in [0.3, 0.4) is 0 Å². The van der Waals surface area contributed by atoms with Crippen molar-refractivity contribution >= 4 is 5.91 Å². The van der Waals surface area contributed by atoms with Crippen LogP contribution in [-0.4, -0.2) is 54.9 Å². The lowest BCUT2D eigenvalue weighted by Gasteiger charge is -2.31. The van der Waals surface area contributed by atoms with Gasteiger partial charge >= 0.3 is 0 Å². The molecule has 1 saturated heterocycles. The molecule has 0 radical (unpaired) electrons. The highest BCUT2D eigenvalue weighted by molar-refractivity contribution is 5.95. The van der Waals surface area contributed by atoms with Gasteiger partial charge in [-0.2, -0.15) is 0 Å². The first-order chi connectivity index (χ1) is 13.1. The van der Waals surface area contributed by atoms with E-state index in [9.17, 15) is 4.79 Å². The predicted octanol–water partition coefficient (Wildman–Crippen LogP) is 2.04. The Labute approximate surface area is 158 Å². The Balaban J connectivity index is 1.53. The molecule has 0 spiro atoms. The maximum atomic E-state index is 12.5. The van der Waals surface area contributed by atoms with E-state index >= 15 is 0 Å².